The molecule has 2 aromatic rings. The zero-order valence-corrected chi connectivity index (χ0v) is 11.6. The van der Waals surface area contributed by atoms with Crippen molar-refractivity contribution < 1.29 is 13.5 Å². The maximum atomic E-state index is 12.3. The molecule has 1 heterocycles. The largest absolute Gasteiger partial charge is 0.433 e. The quantitative estimate of drug-likeness (QED) is 0.822. The van der Waals surface area contributed by atoms with Gasteiger partial charge in [-0.05, 0) is 36.1 Å². The summed E-state index contributed by atoms with van der Waals surface area (Å²) in [5.41, 5.74) is 1.53. The van der Waals surface area contributed by atoms with E-state index in [1.807, 2.05) is 18.4 Å². The fourth-order valence-corrected chi connectivity index (χ4v) is 2.64. The number of para-hydroxylation sites is 2. The maximum absolute atomic E-state index is 12.3. The number of anilines is 1. The van der Waals surface area contributed by atoms with Crippen molar-refractivity contribution in [3.63, 3.8) is 0 Å². The second-order valence-corrected chi connectivity index (χ2v) is 5.47. The smallest absolute Gasteiger partial charge is 0.387 e. The zero-order valence-electron chi connectivity index (χ0n) is 10.1. The fraction of sp³-hybridized carbons (Fsp3) is 0.231. The molecule has 0 bridgehead atoms. The van der Waals surface area contributed by atoms with Crippen LogP contribution < -0.4 is 10.1 Å². The van der Waals surface area contributed by atoms with Gasteiger partial charge in [0.1, 0.15) is 5.75 Å². The van der Waals surface area contributed by atoms with Gasteiger partial charge in [0.15, 0.2) is 0 Å². The van der Waals surface area contributed by atoms with Gasteiger partial charge >= 0.3 is 6.61 Å². The van der Waals surface area contributed by atoms with E-state index in [2.05, 4.69) is 10.1 Å². The van der Waals surface area contributed by atoms with Gasteiger partial charge in [0, 0.05) is 6.04 Å². The van der Waals surface area contributed by atoms with Gasteiger partial charge in [0.25, 0.3) is 0 Å². The number of nitrogens with one attached hydrogen (secondary N) is 1. The van der Waals surface area contributed by atoms with Crippen LogP contribution in [-0.2, 0) is 0 Å². The number of hydrogen-bond acceptors (Lipinski definition) is 3. The third-order valence-corrected chi connectivity index (χ3v) is 3.67. The first-order chi connectivity index (χ1) is 9.06. The molecule has 0 saturated carbocycles. The number of rotatable bonds is 5. The molecule has 0 aliphatic rings. The van der Waals surface area contributed by atoms with E-state index in [1.165, 1.54) is 17.4 Å². The first kappa shape index (κ1) is 14.1. The molecule has 0 spiro atoms. The summed E-state index contributed by atoms with van der Waals surface area (Å²) in [5.74, 6) is 0.130. The number of thiophene rings is 1. The summed E-state index contributed by atoms with van der Waals surface area (Å²) in [6.45, 7) is -0.911. The van der Waals surface area contributed by atoms with Gasteiger partial charge < -0.3 is 10.1 Å². The van der Waals surface area contributed by atoms with E-state index < -0.39 is 6.61 Å². The molecule has 1 unspecified atom stereocenters. The van der Waals surface area contributed by atoms with Crippen LogP contribution in [0.5, 0.6) is 5.75 Å². The van der Waals surface area contributed by atoms with Crippen molar-refractivity contribution in [3.8, 4) is 5.75 Å². The average Bonchev–Trinajstić information content (AvgIpc) is 2.78. The first-order valence-corrected chi connectivity index (χ1v) is 6.86. The second-order valence-electron chi connectivity index (χ2n) is 3.92. The minimum Gasteiger partial charge on any atom is -0.433 e. The Morgan fingerprint density at radius 3 is 2.68 bits per heavy atom. The van der Waals surface area contributed by atoms with Crippen LogP contribution in [0.25, 0.3) is 0 Å². The molecule has 0 amide bonds. The third-order valence-electron chi connectivity index (χ3n) is 2.56. The summed E-state index contributed by atoms with van der Waals surface area (Å²) >= 11 is 7.31. The van der Waals surface area contributed by atoms with Gasteiger partial charge in [-0.15, -0.1) is 11.3 Å². The maximum Gasteiger partial charge on any atom is 0.387 e. The van der Waals surface area contributed by atoms with Crippen molar-refractivity contribution >= 4 is 28.6 Å². The van der Waals surface area contributed by atoms with Crippen LogP contribution in [0.1, 0.15) is 18.5 Å². The summed E-state index contributed by atoms with van der Waals surface area (Å²) in [6, 6.07) is 8.40. The average molecular weight is 304 g/mol. The highest BCUT2D eigenvalue weighted by Gasteiger charge is 2.12. The van der Waals surface area contributed by atoms with Gasteiger partial charge in [0.05, 0.1) is 10.0 Å². The van der Waals surface area contributed by atoms with Crippen LogP contribution in [0.2, 0.25) is 4.34 Å². The van der Waals surface area contributed by atoms with Crippen molar-refractivity contribution in [2.75, 3.05) is 5.32 Å². The molecule has 0 aliphatic heterocycles. The lowest BCUT2D eigenvalue weighted by molar-refractivity contribution is -0.0493. The highest BCUT2D eigenvalue weighted by molar-refractivity contribution is 7.14. The lowest BCUT2D eigenvalue weighted by atomic mass is 10.1. The van der Waals surface area contributed by atoms with Crippen LogP contribution in [0.4, 0.5) is 14.5 Å². The molecule has 1 aromatic carbocycles. The topological polar surface area (TPSA) is 21.3 Å². The van der Waals surface area contributed by atoms with Crippen LogP contribution in [0.3, 0.4) is 0 Å². The summed E-state index contributed by atoms with van der Waals surface area (Å²) in [7, 11) is 0. The second kappa shape index (κ2) is 6.21. The molecule has 0 aliphatic carbocycles. The van der Waals surface area contributed by atoms with Gasteiger partial charge in [-0.25, -0.2) is 0 Å². The van der Waals surface area contributed by atoms with Crippen LogP contribution in [0, 0.1) is 0 Å². The van der Waals surface area contributed by atoms with E-state index in [9.17, 15) is 8.78 Å². The molecule has 6 heteroatoms. The van der Waals surface area contributed by atoms with E-state index in [4.69, 9.17) is 11.6 Å². The number of ether oxygens (including phenoxy) is 1. The van der Waals surface area contributed by atoms with Gasteiger partial charge in [-0.3, -0.25) is 0 Å². The van der Waals surface area contributed by atoms with Gasteiger partial charge in [-0.1, -0.05) is 23.7 Å². The predicted molar refractivity (Wildman–Crippen MR) is 74.4 cm³/mol. The number of alkyl halides is 2. The van der Waals surface area contributed by atoms with Crippen LogP contribution >= 0.6 is 22.9 Å². The summed E-state index contributed by atoms with van der Waals surface area (Å²) < 4.78 is 29.8. The number of halogens is 3. The van der Waals surface area contributed by atoms with Gasteiger partial charge in [0.2, 0.25) is 0 Å². The fourth-order valence-electron chi connectivity index (χ4n) is 1.65. The Labute approximate surface area is 119 Å². The molecule has 2 rings (SSSR count). The van der Waals surface area contributed by atoms with Crippen LogP contribution in [0.15, 0.2) is 35.7 Å². The Hall–Kier alpha value is -1.33. The van der Waals surface area contributed by atoms with E-state index in [0.717, 1.165) is 5.56 Å². The Balaban J connectivity index is 2.14. The third kappa shape index (κ3) is 3.81. The lowest BCUT2D eigenvalue weighted by Crippen LogP contribution is -2.09. The Morgan fingerprint density at radius 1 is 1.32 bits per heavy atom. The molecule has 0 saturated heterocycles. The van der Waals surface area contributed by atoms with Crippen molar-refractivity contribution in [2.24, 2.45) is 0 Å². The molecule has 1 N–H and O–H groups in total. The van der Waals surface area contributed by atoms with Crippen molar-refractivity contribution in [2.45, 2.75) is 19.6 Å². The molecular weight excluding hydrogens is 292 g/mol. The van der Waals surface area contributed by atoms with Gasteiger partial charge in [-0.2, -0.15) is 8.78 Å². The van der Waals surface area contributed by atoms with Crippen LogP contribution in [-0.4, -0.2) is 6.61 Å². The Morgan fingerprint density at radius 2 is 2.05 bits per heavy atom. The van der Waals surface area contributed by atoms with Crippen molar-refractivity contribution in [3.05, 3.63) is 45.6 Å². The van der Waals surface area contributed by atoms with E-state index >= 15 is 0 Å². The molecule has 1 atom stereocenters. The summed E-state index contributed by atoms with van der Waals surface area (Å²) in [5, 5.41) is 5.06. The molecular formula is C13H12ClF2NOS. The summed E-state index contributed by atoms with van der Waals surface area (Å²) in [4.78, 5) is 0. The number of benzene rings is 1. The molecule has 2 nitrogen and oxygen atoms in total. The monoisotopic (exact) mass is 303 g/mol. The number of hydrogen-bond donors (Lipinski definition) is 1. The molecule has 19 heavy (non-hydrogen) atoms. The van der Waals surface area contributed by atoms with E-state index in [1.54, 1.807) is 18.2 Å². The first-order valence-electron chi connectivity index (χ1n) is 5.60. The lowest BCUT2D eigenvalue weighted by Gasteiger charge is -2.17. The van der Waals surface area contributed by atoms with Crippen molar-refractivity contribution in [1.82, 2.24) is 0 Å². The highest BCUT2D eigenvalue weighted by atomic mass is 35.5. The zero-order chi connectivity index (χ0) is 13.8. The minimum atomic E-state index is -2.84. The minimum absolute atomic E-state index is 0.0498. The Kier molecular flexibility index (Phi) is 4.61. The Bertz CT molecular complexity index is 547. The standard InChI is InChI=1S/C13H12ClF2NOS/c1-8(9-6-12(14)19-7-9)17-10-4-2-3-5-11(10)18-13(15)16/h2-8,13,17H,1H3. The predicted octanol–water partition coefficient (Wildman–Crippen LogP) is 5.18. The van der Waals surface area contributed by atoms with Crippen molar-refractivity contribution in [1.29, 1.82) is 0 Å². The molecule has 0 radical (unpaired) electrons. The van der Waals surface area contributed by atoms with E-state index in [0.29, 0.717) is 10.0 Å². The molecule has 102 valence electrons. The molecule has 0 fully saturated rings. The normalized spacial score (nSPS) is 12.5. The SMILES string of the molecule is CC(Nc1ccccc1OC(F)F)c1csc(Cl)c1. The van der Waals surface area contributed by atoms with E-state index in [-0.39, 0.29) is 11.8 Å². The highest BCUT2D eigenvalue weighted by Crippen LogP contribution is 2.31. The summed E-state index contributed by atoms with van der Waals surface area (Å²) in [6.07, 6.45) is 0. The molecule has 1 aromatic heterocycles.